The summed E-state index contributed by atoms with van der Waals surface area (Å²) < 4.78 is 13.4. The van der Waals surface area contributed by atoms with Gasteiger partial charge in [0.15, 0.2) is 0 Å². The van der Waals surface area contributed by atoms with Crippen molar-refractivity contribution in [1.82, 2.24) is 4.98 Å². The number of thioether (sulfide) groups is 1. The molecule has 0 unspecified atom stereocenters. The lowest BCUT2D eigenvalue weighted by Gasteiger charge is -2.13. The largest absolute Gasteiger partial charge is 0.383 e. The smallest absolute Gasteiger partial charge is 0.143 e. The maximum absolute atomic E-state index is 13.4. The van der Waals surface area contributed by atoms with E-state index in [1.165, 1.54) is 23.9 Å². The van der Waals surface area contributed by atoms with Crippen molar-refractivity contribution in [2.75, 3.05) is 5.73 Å². The van der Waals surface area contributed by atoms with E-state index in [0.29, 0.717) is 21.9 Å². The van der Waals surface area contributed by atoms with Crippen LogP contribution < -0.4 is 5.73 Å². The summed E-state index contributed by atoms with van der Waals surface area (Å²) in [7, 11) is 0. The van der Waals surface area contributed by atoms with E-state index in [1.54, 1.807) is 12.1 Å². The zero-order chi connectivity index (χ0) is 18.5. The molecule has 0 radical (unpaired) electrons. The molecular formula is C20H13FN4S. The summed E-state index contributed by atoms with van der Waals surface area (Å²) in [6.07, 6.45) is 0. The van der Waals surface area contributed by atoms with E-state index in [-0.39, 0.29) is 17.2 Å². The SMILES string of the molecule is N#Cc1c(N)nc(SCc2cccc(F)c2)c(C#N)c1-c1ccccc1. The van der Waals surface area contributed by atoms with Crippen LogP contribution in [0.5, 0.6) is 0 Å². The Labute approximate surface area is 154 Å². The number of pyridine rings is 1. The molecule has 6 heteroatoms. The zero-order valence-electron chi connectivity index (χ0n) is 13.6. The van der Waals surface area contributed by atoms with E-state index in [0.717, 1.165) is 11.1 Å². The number of nitrogen functional groups attached to an aromatic ring is 1. The quantitative estimate of drug-likeness (QED) is 0.692. The topological polar surface area (TPSA) is 86.5 Å². The molecule has 0 aliphatic heterocycles. The predicted octanol–water partition coefficient (Wildman–Crippen LogP) is 4.51. The average molecular weight is 360 g/mol. The van der Waals surface area contributed by atoms with Crippen molar-refractivity contribution < 1.29 is 4.39 Å². The summed E-state index contributed by atoms with van der Waals surface area (Å²) in [5, 5.41) is 19.6. The Morgan fingerprint density at radius 1 is 1.00 bits per heavy atom. The Hall–Kier alpha value is -3.35. The summed E-state index contributed by atoms with van der Waals surface area (Å²) in [6.45, 7) is 0. The third-order valence-electron chi connectivity index (χ3n) is 3.74. The van der Waals surface area contributed by atoms with Crippen LogP contribution >= 0.6 is 11.8 Å². The van der Waals surface area contributed by atoms with Gasteiger partial charge in [0.2, 0.25) is 0 Å². The Balaban J connectivity index is 2.08. The molecular weight excluding hydrogens is 347 g/mol. The molecule has 0 amide bonds. The van der Waals surface area contributed by atoms with E-state index in [1.807, 2.05) is 36.4 Å². The fourth-order valence-corrected chi connectivity index (χ4v) is 3.51. The number of anilines is 1. The highest BCUT2D eigenvalue weighted by atomic mass is 32.2. The van der Waals surface area contributed by atoms with Crippen molar-refractivity contribution in [2.45, 2.75) is 10.8 Å². The summed E-state index contributed by atoms with van der Waals surface area (Å²) >= 11 is 1.29. The van der Waals surface area contributed by atoms with Gasteiger partial charge in [0.05, 0.1) is 5.56 Å². The number of nitrogens with two attached hydrogens (primary N) is 1. The first-order valence-electron chi connectivity index (χ1n) is 7.70. The first-order valence-corrected chi connectivity index (χ1v) is 8.69. The number of hydrogen-bond acceptors (Lipinski definition) is 5. The molecule has 0 spiro atoms. The normalized spacial score (nSPS) is 10.1. The molecule has 0 aliphatic rings. The highest BCUT2D eigenvalue weighted by Gasteiger charge is 2.20. The van der Waals surface area contributed by atoms with Crippen molar-refractivity contribution in [2.24, 2.45) is 0 Å². The van der Waals surface area contributed by atoms with Crippen molar-refractivity contribution in [3.63, 3.8) is 0 Å². The minimum atomic E-state index is -0.319. The van der Waals surface area contributed by atoms with Crippen LogP contribution in [-0.4, -0.2) is 4.98 Å². The fraction of sp³-hybridized carbons (Fsp3) is 0.0500. The van der Waals surface area contributed by atoms with Crippen LogP contribution in [0.1, 0.15) is 16.7 Å². The van der Waals surface area contributed by atoms with Gasteiger partial charge < -0.3 is 5.73 Å². The molecule has 1 aromatic heterocycles. The molecule has 3 aromatic rings. The second-order valence-corrected chi connectivity index (χ2v) is 6.40. The van der Waals surface area contributed by atoms with E-state index in [9.17, 15) is 14.9 Å². The van der Waals surface area contributed by atoms with Crippen molar-refractivity contribution >= 4 is 17.6 Å². The van der Waals surface area contributed by atoms with Crippen LogP contribution in [0.25, 0.3) is 11.1 Å². The molecule has 3 rings (SSSR count). The highest BCUT2D eigenvalue weighted by Crippen LogP contribution is 2.36. The summed E-state index contributed by atoms with van der Waals surface area (Å²) in [4.78, 5) is 4.24. The number of halogens is 1. The summed E-state index contributed by atoms with van der Waals surface area (Å²) in [6, 6.07) is 19.6. The predicted molar refractivity (Wildman–Crippen MR) is 99.5 cm³/mol. The van der Waals surface area contributed by atoms with Crippen LogP contribution in [0.15, 0.2) is 59.6 Å². The molecule has 1 heterocycles. The highest BCUT2D eigenvalue weighted by molar-refractivity contribution is 7.98. The van der Waals surface area contributed by atoms with Gasteiger partial charge in [-0.15, -0.1) is 11.8 Å². The molecule has 4 nitrogen and oxygen atoms in total. The molecule has 2 N–H and O–H groups in total. The molecule has 0 bridgehead atoms. The van der Waals surface area contributed by atoms with E-state index < -0.39 is 0 Å². The van der Waals surface area contributed by atoms with Crippen molar-refractivity contribution in [3.8, 4) is 23.3 Å². The lowest BCUT2D eigenvalue weighted by atomic mass is 9.97. The fourth-order valence-electron chi connectivity index (χ4n) is 2.57. The van der Waals surface area contributed by atoms with Gasteiger partial charge in [0.25, 0.3) is 0 Å². The standard InChI is InChI=1S/C20H13FN4S/c21-15-8-4-5-13(9-15)12-26-20-17(11-23)18(14-6-2-1-3-7-14)16(10-22)19(24)25-20/h1-9H,12H2,(H2,24,25). The first-order chi connectivity index (χ1) is 12.6. The number of aromatic nitrogens is 1. The van der Waals surface area contributed by atoms with E-state index >= 15 is 0 Å². The van der Waals surface area contributed by atoms with Crippen molar-refractivity contribution in [1.29, 1.82) is 10.5 Å². The molecule has 0 atom stereocenters. The second-order valence-electron chi connectivity index (χ2n) is 5.44. The molecule has 2 aromatic carbocycles. The van der Waals surface area contributed by atoms with Gasteiger partial charge in [-0.1, -0.05) is 42.5 Å². The Morgan fingerprint density at radius 3 is 2.38 bits per heavy atom. The molecule has 0 fully saturated rings. The average Bonchev–Trinajstić information content (AvgIpc) is 2.66. The number of nitriles is 2. The Bertz CT molecular complexity index is 1040. The minimum absolute atomic E-state index is 0.0760. The van der Waals surface area contributed by atoms with Gasteiger partial charge in [-0.05, 0) is 23.3 Å². The Kier molecular flexibility index (Phi) is 5.17. The number of benzene rings is 2. The minimum Gasteiger partial charge on any atom is -0.383 e. The first kappa shape index (κ1) is 17.5. The molecule has 0 saturated carbocycles. The van der Waals surface area contributed by atoms with Gasteiger partial charge in [0, 0.05) is 11.3 Å². The van der Waals surface area contributed by atoms with Crippen LogP contribution in [0.3, 0.4) is 0 Å². The molecule has 26 heavy (non-hydrogen) atoms. The van der Waals surface area contributed by atoms with Crippen LogP contribution in [0.4, 0.5) is 10.2 Å². The molecule has 0 saturated heterocycles. The van der Waals surface area contributed by atoms with Crippen molar-refractivity contribution in [3.05, 3.63) is 77.1 Å². The van der Waals surface area contributed by atoms with Gasteiger partial charge in [-0.25, -0.2) is 9.37 Å². The van der Waals surface area contributed by atoms with Crippen LogP contribution in [-0.2, 0) is 5.75 Å². The third kappa shape index (κ3) is 3.51. The van der Waals surface area contributed by atoms with E-state index in [2.05, 4.69) is 11.1 Å². The zero-order valence-corrected chi connectivity index (χ0v) is 14.4. The number of rotatable bonds is 4. The van der Waals surface area contributed by atoms with Gasteiger partial charge in [-0.3, -0.25) is 0 Å². The molecule has 0 aliphatic carbocycles. The second kappa shape index (κ2) is 7.69. The van der Waals surface area contributed by atoms with Gasteiger partial charge >= 0.3 is 0 Å². The van der Waals surface area contributed by atoms with Crippen LogP contribution in [0.2, 0.25) is 0 Å². The lowest BCUT2D eigenvalue weighted by Crippen LogP contribution is -2.03. The maximum Gasteiger partial charge on any atom is 0.143 e. The van der Waals surface area contributed by atoms with Gasteiger partial charge in [-0.2, -0.15) is 10.5 Å². The third-order valence-corrected chi connectivity index (χ3v) is 4.79. The summed E-state index contributed by atoms with van der Waals surface area (Å²) in [5.41, 5.74) is 8.42. The monoisotopic (exact) mass is 360 g/mol. The van der Waals surface area contributed by atoms with E-state index in [4.69, 9.17) is 5.73 Å². The van der Waals surface area contributed by atoms with Gasteiger partial charge in [0.1, 0.15) is 34.4 Å². The molecule has 126 valence electrons. The summed E-state index contributed by atoms with van der Waals surface area (Å²) in [5.74, 6) is 0.187. The lowest BCUT2D eigenvalue weighted by molar-refractivity contribution is 0.626. The number of hydrogen-bond donors (Lipinski definition) is 1. The Morgan fingerprint density at radius 2 is 1.73 bits per heavy atom. The van der Waals surface area contributed by atoms with Crippen LogP contribution in [0, 0.1) is 28.5 Å². The maximum atomic E-state index is 13.4. The number of nitrogens with zero attached hydrogens (tertiary/aromatic N) is 3.